The van der Waals surface area contributed by atoms with Crippen molar-refractivity contribution in [3.05, 3.63) is 12.2 Å². The first kappa shape index (κ1) is 14.2. The Bertz CT molecular complexity index is 317. The van der Waals surface area contributed by atoms with Crippen LogP contribution in [0.5, 0.6) is 0 Å². The summed E-state index contributed by atoms with van der Waals surface area (Å²) in [7, 11) is 0. The van der Waals surface area contributed by atoms with Gasteiger partial charge in [0.2, 0.25) is 0 Å². The lowest BCUT2D eigenvalue weighted by Gasteiger charge is -2.34. The van der Waals surface area contributed by atoms with Crippen molar-refractivity contribution in [3.8, 4) is 0 Å². The van der Waals surface area contributed by atoms with Gasteiger partial charge in [-0.2, -0.15) is 0 Å². The van der Waals surface area contributed by atoms with Gasteiger partial charge in [0.05, 0.1) is 6.61 Å². The molecule has 0 aromatic heterocycles. The predicted molar refractivity (Wildman–Crippen MR) is 56.9 cm³/mol. The molecule has 0 bridgehead atoms. The van der Waals surface area contributed by atoms with Crippen molar-refractivity contribution in [1.29, 1.82) is 0 Å². The highest BCUT2D eigenvalue weighted by Gasteiger charge is 2.42. The smallest absolute Gasteiger partial charge is 0.148 e. The third-order valence-electron chi connectivity index (χ3n) is 2.56. The van der Waals surface area contributed by atoms with Gasteiger partial charge in [-0.05, 0) is 6.92 Å². The summed E-state index contributed by atoms with van der Waals surface area (Å²) >= 11 is 0. The summed E-state index contributed by atoms with van der Waals surface area (Å²) in [4.78, 5) is 10.7. The third-order valence-corrected chi connectivity index (χ3v) is 2.56. The van der Waals surface area contributed by atoms with E-state index in [0.29, 0.717) is 0 Å². The molecule has 7 heteroatoms. The SMILES string of the molecule is [2H]C(=O)C(=C)C(C)(O)[C@@H](O)[C@@H](O)[C@H](O)[C@H](O)CO. The molecule has 100 valence electrons. The number of aldehydes is 1. The summed E-state index contributed by atoms with van der Waals surface area (Å²) in [5, 5.41) is 55.9. The maximum atomic E-state index is 10.7. The van der Waals surface area contributed by atoms with Gasteiger partial charge in [-0.25, -0.2) is 0 Å². The molecule has 0 rings (SSSR count). The average Bonchev–Trinajstić information content (AvgIpc) is 2.33. The largest absolute Gasteiger partial charge is 0.394 e. The van der Waals surface area contributed by atoms with Crippen LogP contribution in [-0.4, -0.2) is 73.5 Å². The third kappa shape index (κ3) is 3.56. The normalized spacial score (nSPS) is 22.9. The minimum Gasteiger partial charge on any atom is -0.394 e. The minimum atomic E-state index is -2.35. The van der Waals surface area contributed by atoms with E-state index in [1.54, 1.807) is 0 Å². The number of aliphatic hydroxyl groups excluding tert-OH is 5. The molecule has 0 aromatic carbocycles. The molecule has 1 unspecified atom stereocenters. The quantitative estimate of drug-likeness (QED) is 0.208. The Balaban J connectivity index is 4.97. The maximum Gasteiger partial charge on any atom is 0.148 e. The second-order valence-electron chi connectivity index (χ2n) is 3.90. The van der Waals surface area contributed by atoms with Crippen molar-refractivity contribution in [2.24, 2.45) is 0 Å². The van der Waals surface area contributed by atoms with Crippen molar-refractivity contribution in [1.82, 2.24) is 0 Å². The molecule has 7 nitrogen and oxygen atoms in total. The lowest BCUT2D eigenvalue weighted by atomic mass is 9.85. The van der Waals surface area contributed by atoms with Crippen molar-refractivity contribution in [2.75, 3.05) is 6.61 Å². The Kier molecular flexibility index (Phi) is 5.19. The molecule has 0 aliphatic rings. The zero-order valence-corrected chi connectivity index (χ0v) is 9.32. The van der Waals surface area contributed by atoms with Crippen LogP contribution in [-0.2, 0) is 4.79 Å². The standard InChI is InChI=1S/C10H18O7/c1-5(3-11)10(2,17)9(16)8(15)7(14)6(13)4-12/h3,6-9,12-17H,1,4H2,2H3/t6-,7-,8+,9+,10?/m1/s1/i3D. The first-order chi connectivity index (χ1) is 8.07. The van der Waals surface area contributed by atoms with Crippen molar-refractivity contribution < 1.29 is 36.8 Å². The van der Waals surface area contributed by atoms with Crippen LogP contribution in [0.3, 0.4) is 0 Å². The Morgan fingerprint density at radius 3 is 2.24 bits per heavy atom. The summed E-state index contributed by atoms with van der Waals surface area (Å²) in [5.41, 5.74) is -3.03. The molecule has 6 N–H and O–H groups in total. The Morgan fingerprint density at radius 1 is 1.41 bits per heavy atom. The number of rotatable bonds is 7. The molecule has 0 amide bonds. The fourth-order valence-corrected chi connectivity index (χ4v) is 1.14. The fraction of sp³-hybridized carbons (Fsp3) is 0.700. The van der Waals surface area contributed by atoms with Crippen molar-refractivity contribution >= 4 is 6.26 Å². The summed E-state index contributed by atoms with van der Waals surface area (Å²) in [5.74, 6) is 0. The zero-order valence-electron chi connectivity index (χ0n) is 10.3. The van der Waals surface area contributed by atoms with Gasteiger partial charge in [-0.1, -0.05) is 6.58 Å². The van der Waals surface area contributed by atoms with Crippen molar-refractivity contribution in [3.63, 3.8) is 0 Å². The van der Waals surface area contributed by atoms with Crippen LogP contribution < -0.4 is 0 Å². The summed E-state index contributed by atoms with van der Waals surface area (Å²) in [6.45, 7) is 3.16. The van der Waals surface area contributed by atoms with E-state index in [2.05, 4.69) is 6.58 Å². The molecule has 0 spiro atoms. The lowest BCUT2D eigenvalue weighted by molar-refractivity contribution is -0.158. The van der Waals surface area contributed by atoms with Crippen LogP contribution in [0.4, 0.5) is 0 Å². The molecule has 0 radical (unpaired) electrons. The minimum absolute atomic E-state index is 0.681. The van der Waals surface area contributed by atoms with Gasteiger partial charge in [-0.3, -0.25) is 4.79 Å². The number of carbonyl (C=O) groups excluding carboxylic acids is 1. The number of aliphatic hydroxyl groups is 6. The van der Waals surface area contributed by atoms with Gasteiger partial charge < -0.3 is 30.6 Å². The van der Waals surface area contributed by atoms with Gasteiger partial charge in [0.25, 0.3) is 0 Å². The number of carbonyl (C=O) groups is 1. The topological polar surface area (TPSA) is 138 Å². The second kappa shape index (κ2) is 6.20. The molecular formula is C10H18O7. The number of hydrogen-bond acceptors (Lipinski definition) is 7. The highest BCUT2D eigenvalue weighted by atomic mass is 16.4. The molecule has 0 aliphatic carbocycles. The van der Waals surface area contributed by atoms with E-state index in [-0.39, 0.29) is 0 Å². The van der Waals surface area contributed by atoms with Gasteiger partial charge in [0, 0.05) is 5.57 Å². The fourth-order valence-electron chi connectivity index (χ4n) is 1.14. The van der Waals surface area contributed by atoms with E-state index in [4.69, 9.17) is 11.6 Å². The summed E-state index contributed by atoms with van der Waals surface area (Å²) < 4.78 is 6.76. The second-order valence-corrected chi connectivity index (χ2v) is 3.90. The molecule has 0 saturated heterocycles. The summed E-state index contributed by atoms with van der Waals surface area (Å²) in [6, 6.07) is 0. The number of hydrogen-bond donors (Lipinski definition) is 6. The van der Waals surface area contributed by atoms with Crippen molar-refractivity contribution in [2.45, 2.75) is 36.9 Å². The first-order valence-electron chi connectivity index (χ1n) is 5.33. The average molecular weight is 251 g/mol. The summed E-state index contributed by atoms with van der Waals surface area (Å²) in [6.07, 6.45) is -9.13. The molecule has 5 atom stereocenters. The van der Waals surface area contributed by atoms with E-state index >= 15 is 0 Å². The molecule has 0 heterocycles. The highest BCUT2D eigenvalue weighted by molar-refractivity contribution is 5.75. The van der Waals surface area contributed by atoms with Crippen LogP contribution in [0.15, 0.2) is 12.2 Å². The van der Waals surface area contributed by atoms with Crippen LogP contribution in [0, 0.1) is 0 Å². The van der Waals surface area contributed by atoms with E-state index in [1.807, 2.05) is 0 Å². The monoisotopic (exact) mass is 251 g/mol. The maximum absolute atomic E-state index is 10.7. The lowest BCUT2D eigenvalue weighted by Crippen LogP contribution is -2.55. The van der Waals surface area contributed by atoms with Crippen LogP contribution in [0.2, 0.25) is 0 Å². The van der Waals surface area contributed by atoms with E-state index < -0.39 is 48.5 Å². The zero-order chi connectivity index (χ0) is 14.7. The van der Waals surface area contributed by atoms with E-state index in [1.165, 1.54) is 0 Å². The highest BCUT2D eigenvalue weighted by Crippen LogP contribution is 2.22. The van der Waals surface area contributed by atoms with Crippen LogP contribution in [0.1, 0.15) is 8.29 Å². The molecule has 0 aromatic rings. The Hall–Kier alpha value is -0.830. The molecule has 0 aliphatic heterocycles. The van der Waals surface area contributed by atoms with Gasteiger partial charge in [0.15, 0.2) is 0 Å². The molecule has 0 fully saturated rings. The molecule has 0 saturated carbocycles. The van der Waals surface area contributed by atoms with Gasteiger partial charge in [-0.15, -0.1) is 0 Å². The Morgan fingerprint density at radius 2 is 1.88 bits per heavy atom. The van der Waals surface area contributed by atoms with Gasteiger partial charge in [0.1, 0.15) is 37.6 Å². The van der Waals surface area contributed by atoms with Crippen LogP contribution in [0.25, 0.3) is 0 Å². The Labute approximate surface area is 99.7 Å². The van der Waals surface area contributed by atoms with E-state index in [9.17, 15) is 25.2 Å². The first-order valence-corrected chi connectivity index (χ1v) is 4.83. The molecular weight excluding hydrogens is 232 g/mol. The molecule has 17 heavy (non-hydrogen) atoms. The van der Waals surface area contributed by atoms with Gasteiger partial charge >= 0.3 is 0 Å². The van der Waals surface area contributed by atoms with E-state index in [0.717, 1.165) is 6.92 Å². The predicted octanol–water partition coefficient (Wildman–Crippen LogP) is -3.07. The van der Waals surface area contributed by atoms with Crippen LogP contribution >= 0.6 is 0 Å².